The predicted molar refractivity (Wildman–Crippen MR) is 186 cm³/mol. The second-order valence-electron chi connectivity index (χ2n) is 11.4. The minimum Gasteiger partial charge on any atom is -0.352 e. The zero-order chi connectivity index (χ0) is 33.4. The maximum Gasteiger partial charge on any atom is 0.264 e. The summed E-state index contributed by atoms with van der Waals surface area (Å²) in [4.78, 5) is 30.1. The van der Waals surface area contributed by atoms with Gasteiger partial charge in [-0.05, 0) is 74.2 Å². The van der Waals surface area contributed by atoms with Crippen LogP contribution in [-0.4, -0.2) is 43.8 Å². The Kier molecular flexibility index (Phi) is 11.9. The molecule has 0 aromatic heterocycles. The van der Waals surface area contributed by atoms with Crippen molar-refractivity contribution in [2.45, 2.75) is 64.1 Å². The maximum atomic E-state index is 14.6. The molecule has 0 bridgehead atoms. The lowest BCUT2D eigenvalue weighted by atomic mass is 10.0. The molecule has 46 heavy (non-hydrogen) atoms. The van der Waals surface area contributed by atoms with Gasteiger partial charge < -0.3 is 10.2 Å². The topological polar surface area (TPSA) is 86.8 Å². The van der Waals surface area contributed by atoms with E-state index in [4.69, 9.17) is 23.2 Å². The number of nitrogens with zero attached hydrogens (tertiary/aromatic N) is 2. The van der Waals surface area contributed by atoms with Gasteiger partial charge in [0.05, 0.1) is 10.6 Å². The Morgan fingerprint density at radius 2 is 1.52 bits per heavy atom. The van der Waals surface area contributed by atoms with Gasteiger partial charge in [-0.2, -0.15) is 0 Å². The summed E-state index contributed by atoms with van der Waals surface area (Å²) in [5, 5.41) is 3.79. The Labute approximate surface area is 282 Å². The van der Waals surface area contributed by atoms with Gasteiger partial charge in [0.15, 0.2) is 0 Å². The minimum absolute atomic E-state index is 0.0467. The van der Waals surface area contributed by atoms with E-state index in [-0.39, 0.29) is 29.8 Å². The standard InChI is InChI=1S/C36H39Cl2N3O4S/c1-5-27(4)39-36(43)34(21-28-12-8-6-9-13-28)40(23-29-17-18-30(37)22-32(29)38)35(42)24-41(33-19-16-25(2)20-26(33)3)46(44,45)31-14-10-7-11-15-31/h6-20,22,27,34H,5,21,23-24H2,1-4H3,(H,39,43)/t27-,34+/m0/s1. The van der Waals surface area contributed by atoms with Crippen LogP contribution in [0.5, 0.6) is 0 Å². The highest BCUT2D eigenvalue weighted by Gasteiger charge is 2.35. The zero-order valence-electron chi connectivity index (χ0n) is 26.4. The molecule has 4 aromatic carbocycles. The number of benzene rings is 4. The summed E-state index contributed by atoms with van der Waals surface area (Å²) in [6.45, 7) is 6.99. The van der Waals surface area contributed by atoms with Crippen LogP contribution in [0.3, 0.4) is 0 Å². The predicted octanol–water partition coefficient (Wildman–Crippen LogP) is 7.36. The Morgan fingerprint density at radius 1 is 0.870 bits per heavy atom. The highest BCUT2D eigenvalue weighted by molar-refractivity contribution is 7.92. The van der Waals surface area contributed by atoms with Crippen molar-refractivity contribution in [1.82, 2.24) is 10.2 Å². The summed E-state index contributed by atoms with van der Waals surface area (Å²) < 4.78 is 29.5. The van der Waals surface area contributed by atoms with Gasteiger partial charge in [0.2, 0.25) is 11.8 Å². The fraction of sp³-hybridized carbons (Fsp3) is 0.278. The number of anilines is 1. The molecular weight excluding hydrogens is 641 g/mol. The molecule has 7 nitrogen and oxygen atoms in total. The van der Waals surface area contributed by atoms with Gasteiger partial charge in [-0.1, -0.05) is 102 Å². The first-order valence-corrected chi connectivity index (χ1v) is 17.3. The first kappa shape index (κ1) is 35.0. The highest BCUT2D eigenvalue weighted by Crippen LogP contribution is 2.29. The summed E-state index contributed by atoms with van der Waals surface area (Å²) in [7, 11) is -4.19. The fourth-order valence-corrected chi connectivity index (χ4v) is 7.11. The second kappa shape index (κ2) is 15.6. The molecule has 0 heterocycles. The maximum absolute atomic E-state index is 14.6. The lowest BCUT2D eigenvalue weighted by molar-refractivity contribution is -0.140. The zero-order valence-corrected chi connectivity index (χ0v) is 28.7. The van der Waals surface area contributed by atoms with Crippen molar-refractivity contribution in [1.29, 1.82) is 0 Å². The summed E-state index contributed by atoms with van der Waals surface area (Å²) in [5.74, 6) is -0.911. The summed E-state index contributed by atoms with van der Waals surface area (Å²) in [5.41, 5.74) is 3.42. The Bertz CT molecular complexity index is 1770. The summed E-state index contributed by atoms with van der Waals surface area (Å²) >= 11 is 12.8. The van der Waals surface area contributed by atoms with Gasteiger partial charge in [0.1, 0.15) is 12.6 Å². The van der Waals surface area contributed by atoms with Gasteiger partial charge in [0, 0.05) is 29.1 Å². The van der Waals surface area contributed by atoms with Crippen LogP contribution < -0.4 is 9.62 Å². The van der Waals surface area contributed by atoms with Crippen LogP contribution in [0.15, 0.2) is 102 Å². The third-order valence-electron chi connectivity index (χ3n) is 7.86. The van der Waals surface area contributed by atoms with E-state index in [1.54, 1.807) is 42.5 Å². The number of nitrogens with one attached hydrogen (secondary N) is 1. The fourth-order valence-electron chi connectivity index (χ4n) is 5.15. The average Bonchev–Trinajstić information content (AvgIpc) is 3.03. The van der Waals surface area contributed by atoms with Crippen molar-refractivity contribution in [3.8, 4) is 0 Å². The number of rotatable bonds is 13. The molecule has 0 spiro atoms. The normalized spacial score (nSPS) is 12.7. The van der Waals surface area contributed by atoms with E-state index < -0.39 is 28.5 Å². The molecule has 4 rings (SSSR count). The molecule has 0 unspecified atom stereocenters. The molecular formula is C36H39Cl2N3O4S. The first-order valence-electron chi connectivity index (χ1n) is 15.1. The second-order valence-corrected chi connectivity index (χ2v) is 14.1. The summed E-state index contributed by atoms with van der Waals surface area (Å²) in [6.07, 6.45) is 0.894. The third-order valence-corrected chi connectivity index (χ3v) is 10.2. The number of hydrogen-bond acceptors (Lipinski definition) is 4. The van der Waals surface area contributed by atoms with Crippen LogP contribution in [-0.2, 0) is 32.6 Å². The molecule has 1 N–H and O–H groups in total. The minimum atomic E-state index is -4.19. The molecule has 2 atom stereocenters. The molecule has 4 aromatic rings. The number of aryl methyl sites for hydroxylation is 2. The number of amides is 2. The molecule has 0 saturated heterocycles. The monoisotopic (exact) mass is 679 g/mol. The Balaban J connectivity index is 1.85. The van der Waals surface area contributed by atoms with Gasteiger partial charge in [-0.25, -0.2) is 8.42 Å². The third kappa shape index (κ3) is 8.69. The van der Waals surface area contributed by atoms with E-state index in [1.165, 1.54) is 17.0 Å². The van der Waals surface area contributed by atoms with E-state index >= 15 is 0 Å². The van der Waals surface area contributed by atoms with Gasteiger partial charge in [-0.3, -0.25) is 13.9 Å². The van der Waals surface area contributed by atoms with Crippen LogP contribution >= 0.6 is 23.2 Å². The number of carbonyl (C=O) groups is 2. The number of halogens is 2. The molecule has 0 radical (unpaired) electrons. The molecule has 0 aliphatic heterocycles. The molecule has 0 aliphatic carbocycles. The number of sulfonamides is 1. The van der Waals surface area contributed by atoms with Gasteiger partial charge >= 0.3 is 0 Å². The number of hydrogen-bond donors (Lipinski definition) is 1. The smallest absolute Gasteiger partial charge is 0.264 e. The summed E-state index contributed by atoms with van der Waals surface area (Å²) in [6, 6.07) is 26.6. The lowest BCUT2D eigenvalue weighted by Gasteiger charge is -2.35. The lowest BCUT2D eigenvalue weighted by Crippen LogP contribution is -2.54. The van der Waals surface area contributed by atoms with Gasteiger partial charge in [0.25, 0.3) is 10.0 Å². The Morgan fingerprint density at radius 3 is 2.13 bits per heavy atom. The van der Waals surface area contributed by atoms with E-state index in [2.05, 4.69) is 5.32 Å². The van der Waals surface area contributed by atoms with Crippen LogP contribution in [0, 0.1) is 13.8 Å². The van der Waals surface area contributed by atoms with Crippen LogP contribution in [0.2, 0.25) is 10.0 Å². The van der Waals surface area contributed by atoms with Crippen molar-refractivity contribution in [2.75, 3.05) is 10.8 Å². The highest BCUT2D eigenvalue weighted by atomic mass is 35.5. The Hall–Kier alpha value is -3.85. The van der Waals surface area contributed by atoms with E-state index in [0.29, 0.717) is 33.3 Å². The van der Waals surface area contributed by atoms with Gasteiger partial charge in [-0.15, -0.1) is 0 Å². The molecule has 2 amide bonds. The van der Waals surface area contributed by atoms with Crippen molar-refractivity contribution in [3.63, 3.8) is 0 Å². The van der Waals surface area contributed by atoms with E-state index in [1.807, 2.05) is 70.2 Å². The quantitative estimate of drug-likeness (QED) is 0.160. The van der Waals surface area contributed by atoms with Crippen molar-refractivity contribution >= 4 is 50.7 Å². The van der Waals surface area contributed by atoms with Crippen LogP contribution in [0.4, 0.5) is 5.69 Å². The van der Waals surface area contributed by atoms with E-state index in [0.717, 1.165) is 15.4 Å². The molecule has 242 valence electrons. The number of carbonyl (C=O) groups excluding carboxylic acids is 2. The molecule has 0 aliphatic rings. The van der Waals surface area contributed by atoms with Crippen LogP contribution in [0.1, 0.15) is 42.5 Å². The largest absolute Gasteiger partial charge is 0.352 e. The molecule has 0 fully saturated rings. The van der Waals surface area contributed by atoms with E-state index in [9.17, 15) is 18.0 Å². The average molecular weight is 681 g/mol. The van der Waals surface area contributed by atoms with Crippen molar-refractivity contribution in [2.24, 2.45) is 0 Å². The van der Waals surface area contributed by atoms with Crippen LogP contribution in [0.25, 0.3) is 0 Å². The SMILES string of the molecule is CC[C@H](C)NC(=O)[C@@H](Cc1ccccc1)N(Cc1ccc(Cl)cc1Cl)C(=O)CN(c1ccc(C)cc1C)S(=O)(=O)c1ccccc1. The first-order chi connectivity index (χ1) is 21.9. The van der Waals surface area contributed by atoms with Crippen molar-refractivity contribution in [3.05, 3.63) is 129 Å². The molecule has 10 heteroatoms. The molecule has 0 saturated carbocycles. The van der Waals surface area contributed by atoms with Crippen molar-refractivity contribution < 1.29 is 18.0 Å².